The quantitative estimate of drug-likeness (QED) is 0.790. The molecule has 1 N–H and O–H groups in total. The second-order valence-corrected chi connectivity index (χ2v) is 9.45. The summed E-state index contributed by atoms with van der Waals surface area (Å²) in [5.41, 5.74) is 1.83. The van der Waals surface area contributed by atoms with Crippen molar-refractivity contribution in [2.24, 2.45) is 11.8 Å². The van der Waals surface area contributed by atoms with Crippen LogP contribution in [0.2, 0.25) is 0 Å². The molecule has 2 aromatic heterocycles. The molecule has 0 spiro atoms. The molecule has 4 rings (SSSR count). The van der Waals surface area contributed by atoms with Crippen LogP contribution in [-0.2, 0) is 16.0 Å². The zero-order chi connectivity index (χ0) is 21.1. The Morgan fingerprint density at radius 1 is 1.23 bits per heavy atom. The molecule has 6 nitrogen and oxygen atoms in total. The molecule has 2 aliphatic rings. The molecule has 2 aliphatic heterocycles. The molecule has 0 saturated carbocycles. The minimum absolute atomic E-state index is 0.00467. The predicted molar refractivity (Wildman–Crippen MR) is 121 cm³/mol. The first-order valence-electron chi connectivity index (χ1n) is 10.8. The largest absolute Gasteiger partial charge is 0.352 e. The normalized spacial score (nSPS) is 21.4. The molecule has 160 valence electrons. The van der Waals surface area contributed by atoms with Crippen molar-refractivity contribution in [1.29, 1.82) is 0 Å². The number of thiophene rings is 1. The second-order valence-electron chi connectivity index (χ2n) is 8.67. The first-order valence-corrected chi connectivity index (χ1v) is 11.8. The number of anilines is 2. The number of hydrogen-bond acceptors (Lipinski definition) is 5. The van der Waals surface area contributed by atoms with E-state index in [1.807, 2.05) is 42.3 Å². The standard InChI is InChI=1S/C23H30N4O2S/c1-16(2)23(29)25-19-6-7-21(24-12-19)27-9-4-3-5-18-13-26(14-20(18)27)22(28)11-17-8-10-30-15-17/h6-8,10,12,15-16,18,20H,3-5,9,11,13-14H2,1-2H3,(H,25,29)/t18-,20+/m1/s1. The van der Waals surface area contributed by atoms with Gasteiger partial charge in [0.1, 0.15) is 5.82 Å². The summed E-state index contributed by atoms with van der Waals surface area (Å²) in [6.07, 6.45) is 5.72. The molecule has 7 heteroatoms. The van der Waals surface area contributed by atoms with Gasteiger partial charge in [-0.05, 0) is 53.3 Å². The van der Waals surface area contributed by atoms with Crippen LogP contribution in [0.4, 0.5) is 11.5 Å². The van der Waals surface area contributed by atoms with Crippen molar-refractivity contribution in [2.75, 3.05) is 29.9 Å². The number of fused-ring (bicyclic) bond motifs is 1. The maximum absolute atomic E-state index is 12.8. The Bertz CT molecular complexity index is 866. The molecule has 0 unspecified atom stereocenters. The Morgan fingerprint density at radius 2 is 2.10 bits per heavy atom. The highest BCUT2D eigenvalue weighted by Gasteiger charge is 2.40. The van der Waals surface area contributed by atoms with Gasteiger partial charge >= 0.3 is 0 Å². The molecule has 2 amide bonds. The number of aromatic nitrogens is 1. The fraction of sp³-hybridized carbons (Fsp3) is 0.522. The molecular formula is C23H30N4O2S. The van der Waals surface area contributed by atoms with Gasteiger partial charge in [0.15, 0.2) is 0 Å². The zero-order valence-corrected chi connectivity index (χ0v) is 18.5. The Hall–Kier alpha value is -2.41. The van der Waals surface area contributed by atoms with Gasteiger partial charge < -0.3 is 15.1 Å². The number of carbonyl (C=O) groups excluding carboxylic acids is 2. The number of nitrogens with one attached hydrogen (secondary N) is 1. The lowest BCUT2D eigenvalue weighted by atomic mass is 9.98. The number of amides is 2. The SMILES string of the molecule is CC(C)C(=O)Nc1ccc(N2CCCC[C@@H]3CN(C(=O)Cc4ccsc4)C[C@@H]32)nc1. The van der Waals surface area contributed by atoms with Crippen molar-refractivity contribution < 1.29 is 9.59 Å². The number of hydrogen-bond donors (Lipinski definition) is 1. The maximum Gasteiger partial charge on any atom is 0.227 e. The van der Waals surface area contributed by atoms with Crippen LogP contribution in [0, 0.1) is 11.8 Å². The van der Waals surface area contributed by atoms with Crippen molar-refractivity contribution >= 4 is 34.7 Å². The van der Waals surface area contributed by atoms with Crippen molar-refractivity contribution in [2.45, 2.75) is 45.6 Å². The lowest BCUT2D eigenvalue weighted by Gasteiger charge is -2.31. The van der Waals surface area contributed by atoms with Crippen molar-refractivity contribution in [3.63, 3.8) is 0 Å². The first kappa shape index (κ1) is 20.8. The highest BCUT2D eigenvalue weighted by Crippen LogP contribution is 2.33. The van der Waals surface area contributed by atoms with E-state index in [1.165, 1.54) is 6.42 Å². The number of pyridine rings is 1. The van der Waals surface area contributed by atoms with E-state index >= 15 is 0 Å². The lowest BCUT2D eigenvalue weighted by molar-refractivity contribution is -0.129. The highest BCUT2D eigenvalue weighted by molar-refractivity contribution is 7.08. The van der Waals surface area contributed by atoms with E-state index in [4.69, 9.17) is 0 Å². The third-order valence-corrected chi connectivity index (χ3v) is 6.89. The van der Waals surface area contributed by atoms with Gasteiger partial charge in [0.05, 0.1) is 24.3 Å². The van der Waals surface area contributed by atoms with Gasteiger partial charge in [-0.1, -0.05) is 20.3 Å². The van der Waals surface area contributed by atoms with Gasteiger partial charge in [0.2, 0.25) is 11.8 Å². The number of rotatable bonds is 5. The van der Waals surface area contributed by atoms with Gasteiger partial charge in [0.25, 0.3) is 0 Å². The Balaban J connectivity index is 1.45. The summed E-state index contributed by atoms with van der Waals surface area (Å²) in [6.45, 7) is 6.31. The number of carbonyl (C=O) groups is 2. The predicted octanol–water partition coefficient (Wildman–Crippen LogP) is 3.80. The molecule has 0 aliphatic carbocycles. The topological polar surface area (TPSA) is 65.5 Å². The van der Waals surface area contributed by atoms with E-state index < -0.39 is 0 Å². The summed E-state index contributed by atoms with van der Waals surface area (Å²) in [5.74, 6) is 1.57. The van der Waals surface area contributed by atoms with E-state index in [1.54, 1.807) is 17.5 Å². The van der Waals surface area contributed by atoms with Crippen LogP contribution in [0.25, 0.3) is 0 Å². The third kappa shape index (κ3) is 4.67. The molecule has 4 heterocycles. The molecule has 0 bridgehead atoms. The average molecular weight is 427 g/mol. The van der Waals surface area contributed by atoms with Crippen LogP contribution in [0.15, 0.2) is 35.2 Å². The van der Waals surface area contributed by atoms with Crippen LogP contribution in [0.1, 0.15) is 38.7 Å². The molecule has 0 radical (unpaired) electrons. The van der Waals surface area contributed by atoms with Crippen LogP contribution < -0.4 is 10.2 Å². The molecule has 2 fully saturated rings. The monoisotopic (exact) mass is 426 g/mol. The number of nitrogens with zero attached hydrogens (tertiary/aromatic N) is 3. The summed E-state index contributed by atoms with van der Waals surface area (Å²) < 4.78 is 0. The zero-order valence-electron chi connectivity index (χ0n) is 17.7. The summed E-state index contributed by atoms with van der Waals surface area (Å²) in [5, 5.41) is 6.98. The smallest absolute Gasteiger partial charge is 0.227 e. The Labute approximate surface area is 182 Å². The third-order valence-electron chi connectivity index (χ3n) is 6.15. The molecule has 2 atom stereocenters. The minimum atomic E-state index is -0.0628. The molecule has 30 heavy (non-hydrogen) atoms. The van der Waals surface area contributed by atoms with Crippen LogP contribution in [-0.4, -0.2) is 47.4 Å². The summed E-state index contributed by atoms with van der Waals surface area (Å²) in [6, 6.07) is 6.26. The van der Waals surface area contributed by atoms with E-state index in [0.29, 0.717) is 18.4 Å². The fourth-order valence-electron chi connectivity index (χ4n) is 4.43. The van der Waals surface area contributed by atoms with E-state index in [2.05, 4.69) is 20.6 Å². The second kappa shape index (κ2) is 9.16. The molecule has 2 saturated heterocycles. The summed E-state index contributed by atoms with van der Waals surface area (Å²) in [7, 11) is 0. The maximum atomic E-state index is 12.8. The van der Waals surface area contributed by atoms with E-state index in [0.717, 1.165) is 49.5 Å². The molecular weight excluding hydrogens is 396 g/mol. The molecule has 2 aromatic rings. The van der Waals surface area contributed by atoms with Gasteiger partial charge in [-0.2, -0.15) is 11.3 Å². The minimum Gasteiger partial charge on any atom is -0.352 e. The Kier molecular flexibility index (Phi) is 6.37. The van der Waals surface area contributed by atoms with Crippen LogP contribution >= 0.6 is 11.3 Å². The van der Waals surface area contributed by atoms with E-state index in [-0.39, 0.29) is 17.7 Å². The lowest BCUT2D eigenvalue weighted by Crippen LogP contribution is -2.41. The van der Waals surface area contributed by atoms with Crippen molar-refractivity contribution in [1.82, 2.24) is 9.88 Å². The summed E-state index contributed by atoms with van der Waals surface area (Å²) in [4.78, 5) is 33.8. The Morgan fingerprint density at radius 3 is 2.80 bits per heavy atom. The van der Waals surface area contributed by atoms with Gasteiger partial charge in [-0.3, -0.25) is 9.59 Å². The first-order chi connectivity index (χ1) is 14.5. The highest BCUT2D eigenvalue weighted by atomic mass is 32.1. The van der Waals surface area contributed by atoms with E-state index in [9.17, 15) is 9.59 Å². The van der Waals surface area contributed by atoms with Gasteiger partial charge in [0, 0.05) is 25.6 Å². The van der Waals surface area contributed by atoms with Crippen molar-refractivity contribution in [3.8, 4) is 0 Å². The number of likely N-dealkylation sites (tertiary alicyclic amines) is 1. The average Bonchev–Trinajstić information content (AvgIpc) is 3.35. The summed E-state index contributed by atoms with van der Waals surface area (Å²) >= 11 is 1.64. The van der Waals surface area contributed by atoms with Gasteiger partial charge in [-0.15, -0.1) is 0 Å². The molecule has 0 aromatic carbocycles. The van der Waals surface area contributed by atoms with Crippen LogP contribution in [0.3, 0.4) is 0 Å². The van der Waals surface area contributed by atoms with Crippen LogP contribution in [0.5, 0.6) is 0 Å². The fourth-order valence-corrected chi connectivity index (χ4v) is 5.10. The van der Waals surface area contributed by atoms with Gasteiger partial charge in [-0.25, -0.2) is 4.98 Å². The van der Waals surface area contributed by atoms with Crippen molar-refractivity contribution in [3.05, 3.63) is 40.7 Å².